The minimum atomic E-state index is -2.81. The van der Waals surface area contributed by atoms with Crippen LogP contribution in [0.5, 0.6) is 0 Å². The zero-order valence-electron chi connectivity index (χ0n) is 36.8. The Labute approximate surface area is 351 Å². The van der Waals surface area contributed by atoms with E-state index in [0.717, 1.165) is 37.9 Å². The first-order valence-electron chi connectivity index (χ1n) is 21.1. The van der Waals surface area contributed by atoms with Gasteiger partial charge in [-0.25, -0.2) is 4.79 Å². The van der Waals surface area contributed by atoms with E-state index in [9.17, 15) is 4.79 Å². The summed E-state index contributed by atoms with van der Waals surface area (Å²) in [5, 5.41) is 2.52. The average Bonchev–Trinajstić information content (AvgIpc) is 3.44. The highest BCUT2D eigenvalue weighted by Crippen LogP contribution is 2.50. The Bertz CT molecular complexity index is 1820. The van der Waals surface area contributed by atoms with Crippen LogP contribution in [0, 0.1) is 11.8 Å². The minimum Gasteiger partial charge on any atom is -0.479 e. The fourth-order valence-corrected chi connectivity index (χ4v) is 13.6. The van der Waals surface area contributed by atoms with Crippen molar-refractivity contribution < 1.29 is 32.6 Å². The van der Waals surface area contributed by atoms with Crippen LogP contribution in [-0.4, -0.2) is 55.3 Å². The number of hydrogen-bond acceptors (Lipinski definition) is 7. The molecular formula is C49H68O7Si2. The van der Waals surface area contributed by atoms with Gasteiger partial charge in [0.2, 0.25) is 5.76 Å². The summed E-state index contributed by atoms with van der Waals surface area (Å²) in [6.45, 7) is 22.0. The van der Waals surface area contributed by atoms with Gasteiger partial charge in [0.05, 0.1) is 6.61 Å². The van der Waals surface area contributed by atoms with Crippen LogP contribution in [0.15, 0.2) is 126 Å². The number of rotatable bonds is 19. The lowest BCUT2D eigenvalue weighted by molar-refractivity contribution is -0.156. The van der Waals surface area contributed by atoms with Gasteiger partial charge in [-0.3, -0.25) is 0 Å². The van der Waals surface area contributed by atoms with Crippen molar-refractivity contribution in [3.05, 3.63) is 132 Å². The molecule has 7 nitrogen and oxygen atoms in total. The number of benzene rings is 3. The molecule has 58 heavy (non-hydrogen) atoms. The van der Waals surface area contributed by atoms with Crippen LogP contribution in [0.4, 0.5) is 0 Å². The lowest BCUT2D eigenvalue weighted by Crippen LogP contribution is -2.66. The van der Waals surface area contributed by atoms with E-state index in [4.69, 9.17) is 27.8 Å². The van der Waals surface area contributed by atoms with Crippen molar-refractivity contribution in [2.75, 3.05) is 27.1 Å². The molecule has 0 amide bonds. The lowest BCUT2D eigenvalue weighted by Gasteiger charge is -2.45. The predicted molar refractivity (Wildman–Crippen MR) is 240 cm³/mol. The Kier molecular flexibility index (Phi) is 15.3. The molecular weight excluding hydrogens is 757 g/mol. The summed E-state index contributed by atoms with van der Waals surface area (Å²) in [6.07, 6.45) is 11.2. The molecule has 0 bridgehead atoms. The topological polar surface area (TPSA) is 72.5 Å². The van der Waals surface area contributed by atoms with Gasteiger partial charge in [-0.05, 0) is 69.9 Å². The molecule has 1 spiro atoms. The molecule has 0 fully saturated rings. The van der Waals surface area contributed by atoms with E-state index < -0.39 is 28.2 Å². The second-order valence-electron chi connectivity index (χ2n) is 18.5. The second kappa shape index (κ2) is 19.6. The number of carbonyl (C=O) groups is 1. The fourth-order valence-electron chi connectivity index (χ4n) is 7.99. The van der Waals surface area contributed by atoms with E-state index in [1.165, 1.54) is 15.9 Å². The molecule has 2 aliphatic rings. The third-order valence-corrected chi connectivity index (χ3v) is 21.8. The number of allylic oxidation sites excluding steroid dienone is 1. The molecule has 1 aliphatic heterocycles. The third kappa shape index (κ3) is 10.3. The molecule has 5 rings (SSSR count). The molecule has 0 unspecified atom stereocenters. The summed E-state index contributed by atoms with van der Waals surface area (Å²) in [5.41, 5.74) is 1.02. The lowest BCUT2D eigenvalue weighted by atomic mass is 9.71. The maximum Gasteiger partial charge on any atom is 0.378 e. The van der Waals surface area contributed by atoms with Crippen LogP contribution in [0.1, 0.15) is 86.1 Å². The maximum absolute atomic E-state index is 13.9. The van der Waals surface area contributed by atoms with Gasteiger partial charge in [0.25, 0.3) is 8.32 Å². The zero-order chi connectivity index (χ0) is 42.0. The highest BCUT2D eigenvalue weighted by molar-refractivity contribution is 6.99. The largest absolute Gasteiger partial charge is 0.479 e. The standard InChI is InChI=1S/C49H68O7Si2/c1-38-34-49(45(53-37-51-8)44(46(50)56-49)52-35-39-25-17-14-18-26-39)41(27-19-12-11-13-24-32-54-57(9,10)47(2,3)4)33-40(38)36-55-58(48(5,6)7,42-28-20-15-21-29-42)43-30-22-16-23-31-43/h14-23,25-31,33,38,41H,11-13,24,32,34-37H2,1-10H3/b27-19-/t38-,41-,49+/m1/s1. The first-order chi connectivity index (χ1) is 27.6. The van der Waals surface area contributed by atoms with Crippen LogP contribution >= 0.6 is 0 Å². The Balaban J connectivity index is 1.47. The van der Waals surface area contributed by atoms with Gasteiger partial charge in [0, 0.05) is 26.1 Å². The Hall–Kier alpha value is -3.74. The molecule has 0 radical (unpaired) electrons. The van der Waals surface area contributed by atoms with Crippen LogP contribution in [0.25, 0.3) is 0 Å². The molecule has 0 N–H and O–H groups in total. The molecule has 9 heteroatoms. The number of carbonyl (C=O) groups excluding carboxylic acids is 1. The van der Waals surface area contributed by atoms with Crippen molar-refractivity contribution in [3.63, 3.8) is 0 Å². The van der Waals surface area contributed by atoms with Crippen molar-refractivity contribution in [3.8, 4) is 0 Å². The third-order valence-electron chi connectivity index (χ3n) is 12.3. The second-order valence-corrected chi connectivity index (χ2v) is 27.6. The van der Waals surface area contributed by atoms with Gasteiger partial charge in [-0.1, -0.05) is 164 Å². The number of hydrogen-bond donors (Lipinski definition) is 0. The summed E-state index contributed by atoms with van der Waals surface area (Å²) in [5.74, 6) is -0.339. The molecule has 0 saturated heterocycles. The molecule has 1 aliphatic carbocycles. The van der Waals surface area contributed by atoms with Gasteiger partial charge < -0.3 is 27.8 Å². The van der Waals surface area contributed by atoms with Crippen molar-refractivity contribution in [2.24, 2.45) is 11.8 Å². The SMILES string of the molecule is COCOC1=C(OCc2ccccc2)C(=O)O[C@]12C[C@@H](C)C(CO[Si](c1ccccc1)(c1ccccc1)C(C)(C)C)=C[C@H]2/C=C\CCCCCO[Si](C)(C)C(C)(C)C. The highest BCUT2D eigenvalue weighted by Gasteiger charge is 2.58. The Morgan fingerprint density at radius 1 is 0.776 bits per heavy atom. The first kappa shape index (κ1) is 45.3. The monoisotopic (exact) mass is 824 g/mol. The summed E-state index contributed by atoms with van der Waals surface area (Å²) in [7, 11) is -3.00. The maximum atomic E-state index is 13.9. The van der Waals surface area contributed by atoms with Gasteiger partial charge in [-0.2, -0.15) is 0 Å². The van der Waals surface area contributed by atoms with Gasteiger partial charge in [0.15, 0.2) is 26.5 Å². The average molecular weight is 825 g/mol. The Morgan fingerprint density at radius 3 is 1.95 bits per heavy atom. The van der Waals surface area contributed by atoms with Gasteiger partial charge >= 0.3 is 5.97 Å². The van der Waals surface area contributed by atoms with E-state index in [1.54, 1.807) is 7.11 Å². The van der Waals surface area contributed by atoms with Crippen LogP contribution < -0.4 is 10.4 Å². The van der Waals surface area contributed by atoms with Crippen LogP contribution in [0.2, 0.25) is 23.2 Å². The molecule has 314 valence electrons. The number of ether oxygens (including phenoxy) is 4. The molecule has 0 saturated carbocycles. The van der Waals surface area contributed by atoms with E-state index in [0.29, 0.717) is 18.8 Å². The van der Waals surface area contributed by atoms with Gasteiger partial charge in [0.1, 0.15) is 6.61 Å². The number of esters is 1. The Morgan fingerprint density at radius 2 is 1.38 bits per heavy atom. The smallest absolute Gasteiger partial charge is 0.378 e. The summed E-state index contributed by atoms with van der Waals surface area (Å²) >= 11 is 0. The van der Waals surface area contributed by atoms with Crippen LogP contribution in [-0.2, 0) is 39.2 Å². The van der Waals surface area contributed by atoms with Crippen LogP contribution in [0.3, 0.4) is 0 Å². The molecule has 3 aromatic carbocycles. The van der Waals surface area contributed by atoms with Gasteiger partial charge in [-0.15, -0.1) is 0 Å². The van der Waals surface area contributed by atoms with Crippen molar-refractivity contribution in [2.45, 2.75) is 116 Å². The normalized spacial score (nSPS) is 20.4. The predicted octanol–water partition coefficient (Wildman–Crippen LogP) is 10.6. The quantitative estimate of drug-likeness (QED) is 0.0392. The molecule has 3 atom stereocenters. The fraction of sp³-hybridized carbons (Fsp3) is 0.490. The van der Waals surface area contributed by atoms with E-state index >= 15 is 0 Å². The van der Waals surface area contributed by atoms with E-state index in [-0.39, 0.29) is 41.1 Å². The first-order valence-corrected chi connectivity index (χ1v) is 25.9. The number of unbranched alkanes of at least 4 members (excludes halogenated alkanes) is 3. The summed E-state index contributed by atoms with van der Waals surface area (Å²) in [4.78, 5) is 13.9. The molecule has 1 heterocycles. The van der Waals surface area contributed by atoms with E-state index in [2.05, 4.69) is 140 Å². The molecule has 0 aromatic heterocycles. The summed E-state index contributed by atoms with van der Waals surface area (Å²) < 4.78 is 38.4. The van der Waals surface area contributed by atoms with E-state index in [1.807, 2.05) is 30.3 Å². The minimum absolute atomic E-state index is 0.00572. The summed E-state index contributed by atoms with van der Waals surface area (Å²) in [6, 6.07) is 31.3. The number of methoxy groups -OCH3 is 1. The van der Waals surface area contributed by atoms with Crippen molar-refractivity contribution >= 4 is 33.0 Å². The van der Waals surface area contributed by atoms with Crippen molar-refractivity contribution in [1.29, 1.82) is 0 Å². The molecule has 3 aromatic rings. The van der Waals surface area contributed by atoms with Crippen molar-refractivity contribution in [1.82, 2.24) is 0 Å². The zero-order valence-corrected chi connectivity index (χ0v) is 38.8. The highest BCUT2D eigenvalue weighted by atomic mass is 28.4.